The van der Waals surface area contributed by atoms with E-state index in [-0.39, 0.29) is 11.1 Å². The molecule has 3 rings (SSSR count). The molecule has 0 nitrogen and oxygen atoms in total. The summed E-state index contributed by atoms with van der Waals surface area (Å²) in [5.74, 6) is -4.43. The van der Waals surface area contributed by atoms with Crippen LogP contribution in [0.15, 0.2) is 54.6 Å². The molecule has 4 heteroatoms. The van der Waals surface area contributed by atoms with Gasteiger partial charge in [-0.15, -0.1) is 0 Å². The van der Waals surface area contributed by atoms with Gasteiger partial charge in [-0.2, -0.15) is 0 Å². The van der Waals surface area contributed by atoms with Gasteiger partial charge in [0, 0.05) is 5.56 Å². The van der Waals surface area contributed by atoms with Crippen LogP contribution in [-0.2, 0) is 0 Å². The molecule has 0 aromatic heterocycles. The summed E-state index contributed by atoms with van der Waals surface area (Å²) >= 11 is 0. The van der Waals surface area contributed by atoms with Crippen LogP contribution in [0.5, 0.6) is 0 Å². The zero-order chi connectivity index (χ0) is 18.8. The van der Waals surface area contributed by atoms with E-state index in [1.165, 1.54) is 17.7 Å². The second-order valence-corrected chi connectivity index (χ2v) is 6.38. The predicted octanol–water partition coefficient (Wildman–Crippen LogP) is 7.09. The molecule has 0 N–H and O–H groups in total. The number of benzene rings is 3. The lowest BCUT2D eigenvalue weighted by Crippen LogP contribution is -1.94. The largest absolute Gasteiger partial charge is 0.206 e. The number of halogens is 4. The third kappa shape index (κ3) is 3.50. The predicted molar refractivity (Wildman–Crippen MR) is 95.9 cm³/mol. The van der Waals surface area contributed by atoms with Gasteiger partial charge < -0.3 is 0 Å². The first kappa shape index (κ1) is 18.2. The maximum Gasteiger partial charge on any atom is 0.194 e. The molecule has 3 aromatic rings. The van der Waals surface area contributed by atoms with E-state index in [4.69, 9.17) is 0 Å². The molecule has 26 heavy (non-hydrogen) atoms. The molecule has 0 heterocycles. The second kappa shape index (κ2) is 7.32. The van der Waals surface area contributed by atoms with Crippen LogP contribution in [0.1, 0.15) is 31.7 Å². The van der Waals surface area contributed by atoms with Gasteiger partial charge in [-0.3, -0.25) is 0 Å². The summed E-state index contributed by atoms with van der Waals surface area (Å²) in [6, 6.07) is 13.9. The van der Waals surface area contributed by atoms with Gasteiger partial charge in [0.05, 0.1) is 0 Å². The van der Waals surface area contributed by atoms with E-state index in [0.29, 0.717) is 11.5 Å². The molecule has 0 saturated heterocycles. The summed E-state index contributed by atoms with van der Waals surface area (Å²) in [4.78, 5) is 0. The summed E-state index contributed by atoms with van der Waals surface area (Å²) in [6.45, 7) is 4.26. The standard InChI is InChI=1S/C22H18F4/c1-3-13(2)14-4-6-15(7-5-14)16-8-9-18(19(23)10-16)17-11-20(24)22(26)21(25)12-17/h4-13H,3H2,1-2H3. The van der Waals surface area contributed by atoms with Gasteiger partial charge >= 0.3 is 0 Å². The molecule has 0 bridgehead atoms. The van der Waals surface area contributed by atoms with E-state index in [1.54, 1.807) is 6.07 Å². The summed E-state index contributed by atoms with van der Waals surface area (Å²) < 4.78 is 54.4. The highest BCUT2D eigenvalue weighted by molar-refractivity contribution is 5.71. The average molecular weight is 358 g/mol. The van der Waals surface area contributed by atoms with Gasteiger partial charge in [0.25, 0.3) is 0 Å². The molecule has 1 unspecified atom stereocenters. The number of rotatable bonds is 4. The number of hydrogen-bond acceptors (Lipinski definition) is 0. The molecule has 1 atom stereocenters. The van der Waals surface area contributed by atoms with Crippen molar-refractivity contribution in [2.45, 2.75) is 26.2 Å². The van der Waals surface area contributed by atoms with Crippen molar-refractivity contribution in [3.05, 3.63) is 83.4 Å². The first-order chi connectivity index (χ1) is 12.4. The maximum absolute atomic E-state index is 14.5. The van der Waals surface area contributed by atoms with Crippen molar-refractivity contribution in [2.75, 3.05) is 0 Å². The first-order valence-corrected chi connectivity index (χ1v) is 8.45. The molecule has 0 amide bonds. The van der Waals surface area contributed by atoms with E-state index >= 15 is 0 Å². The van der Waals surface area contributed by atoms with Gasteiger partial charge in [0.15, 0.2) is 17.5 Å². The minimum atomic E-state index is -1.56. The fourth-order valence-corrected chi connectivity index (χ4v) is 2.88. The Morgan fingerprint density at radius 2 is 1.23 bits per heavy atom. The Labute approximate surface area is 150 Å². The van der Waals surface area contributed by atoms with E-state index in [9.17, 15) is 17.6 Å². The highest BCUT2D eigenvalue weighted by Crippen LogP contribution is 2.30. The van der Waals surface area contributed by atoms with Crippen molar-refractivity contribution < 1.29 is 17.6 Å². The Hall–Kier alpha value is -2.62. The van der Waals surface area contributed by atoms with Crippen molar-refractivity contribution in [2.24, 2.45) is 0 Å². The highest BCUT2D eigenvalue weighted by Gasteiger charge is 2.14. The highest BCUT2D eigenvalue weighted by atomic mass is 19.2. The third-order valence-corrected chi connectivity index (χ3v) is 4.69. The topological polar surface area (TPSA) is 0 Å². The molecule has 0 spiro atoms. The molecule has 0 fully saturated rings. The Bertz CT molecular complexity index is 906. The Morgan fingerprint density at radius 3 is 1.77 bits per heavy atom. The van der Waals surface area contributed by atoms with Gasteiger partial charge in [0.2, 0.25) is 0 Å². The minimum Gasteiger partial charge on any atom is -0.206 e. The molecule has 0 aliphatic heterocycles. The van der Waals surface area contributed by atoms with Crippen LogP contribution in [0.25, 0.3) is 22.3 Å². The van der Waals surface area contributed by atoms with Crippen LogP contribution < -0.4 is 0 Å². The molecule has 0 aliphatic carbocycles. The zero-order valence-corrected chi connectivity index (χ0v) is 14.5. The molecule has 0 saturated carbocycles. The third-order valence-electron chi connectivity index (χ3n) is 4.69. The van der Waals surface area contributed by atoms with E-state index in [1.807, 2.05) is 24.3 Å². The minimum absolute atomic E-state index is 0.0165. The smallest absolute Gasteiger partial charge is 0.194 e. The SMILES string of the molecule is CCC(C)c1ccc(-c2ccc(-c3cc(F)c(F)c(F)c3)c(F)c2)cc1. The fraction of sp³-hybridized carbons (Fsp3) is 0.182. The van der Waals surface area contributed by atoms with Crippen molar-refractivity contribution >= 4 is 0 Å². The lowest BCUT2D eigenvalue weighted by atomic mass is 9.95. The van der Waals surface area contributed by atoms with Crippen LogP contribution in [0.2, 0.25) is 0 Å². The molecule has 3 aromatic carbocycles. The van der Waals surface area contributed by atoms with Crippen LogP contribution in [0.4, 0.5) is 17.6 Å². The summed E-state index contributed by atoms with van der Waals surface area (Å²) in [7, 11) is 0. The first-order valence-electron chi connectivity index (χ1n) is 8.45. The van der Waals surface area contributed by atoms with Gasteiger partial charge in [0.1, 0.15) is 5.82 Å². The van der Waals surface area contributed by atoms with Crippen LogP contribution in [0.3, 0.4) is 0 Å². The molecular weight excluding hydrogens is 340 g/mol. The summed E-state index contributed by atoms with van der Waals surface area (Å²) in [5.41, 5.74) is 2.69. The Kier molecular flexibility index (Phi) is 5.12. The molecular formula is C22H18F4. The second-order valence-electron chi connectivity index (χ2n) is 6.38. The summed E-state index contributed by atoms with van der Waals surface area (Å²) in [5, 5.41) is 0. The molecule has 0 radical (unpaired) electrons. The van der Waals surface area contributed by atoms with Gasteiger partial charge in [-0.05, 0) is 52.8 Å². The normalized spacial score (nSPS) is 12.2. The number of hydrogen-bond donors (Lipinski definition) is 0. The Morgan fingerprint density at radius 1 is 0.692 bits per heavy atom. The maximum atomic E-state index is 14.5. The molecule has 0 aliphatic rings. The summed E-state index contributed by atoms with van der Waals surface area (Å²) in [6.07, 6.45) is 1.04. The lowest BCUT2D eigenvalue weighted by molar-refractivity contribution is 0.447. The van der Waals surface area contributed by atoms with E-state index in [2.05, 4.69) is 13.8 Å². The molecule has 134 valence electrons. The van der Waals surface area contributed by atoms with Crippen molar-refractivity contribution in [3.8, 4) is 22.3 Å². The van der Waals surface area contributed by atoms with Crippen molar-refractivity contribution in [1.82, 2.24) is 0 Å². The van der Waals surface area contributed by atoms with Crippen LogP contribution >= 0.6 is 0 Å². The quantitative estimate of drug-likeness (QED) is 0.345. The van der Waals surface area contributed by atoms with Crippen LogP contribution in [-0.4, -0.2) is 0 Å². The van der Waals surface area contributed by atoms with Crippen molar-refractivity contribution in [3.63, 3.8) is 0 Å². The monoisotopic (exact) mass is 358 g/mol. The lowest BCUT2D eigenvalue weighted by Gasteiger charge is -2.11. The average Bonchev–Trinajstić information content (AvgIpc) is 2.65. The van der Waals surface area contributed by atoms with E-state index < -0.39 is 23.3 Å². The van der Waals surface area contributed by atoms with Gasteiger partial charge in [-0.25, -0.2) is 17.6 Å². The van der Waals surface area contributed by atoms with Crippen LogP contribution in [0, 0.1) is 23.3 Å². The van der Waals surface area contributed by atoms with Gasteiger partial charge in [-0.1, -0.05) is 50.2 Å². The van der Waals surface area contributed by atoms with E-state index in [0.717, 1.165) is 24.1 Å². The van der Waals surface area contributed by atoms with Crippen molar-refractivity contribution in [1.29, 1.82) is 0 Å². The zero-order valence-electron chi connectivity index (χ0n) is 14.5. The Balaban J connectivity index is 1.95. The fourth-order valence-electron chi connectivity index (χ4n) is 2.88.